The summed E-state index contributed by atoms with van der Waals surface area (Å²) in [5, 5.41) is 3.40. The molecule has 0 saturated carbocycles. The number of hydrogen-bond acceptors (Lipinski definition) is 4. The van der Waals surface area contributed by atoms with Crippen LogP contribution in [0.2, 0.25) is 0 Å². The molecule has 4 nitrogen and oxygen atoms in total. The summed E-state index contributed by atoms with van der Waals surface area (Å²) in [5.41, 5.74) is 3.99. The third-order valence-corrected chi connectivity index (χ3v) is 4.18. The molecule has 0 bridgehead atoms. The summed E-state index contributed by atoms with van der Waals surface area (Å²) in [4.78, 5) is 0. The number of aromatic nitrogens is 2. The summed E-state index contributed by atoms with van der Waals surface area (Å²) in [7, 11) is 0. The second kappa shape index (κ2) is 6.45. The summed E-state index contributed by atoms with van der Waals surface area (Å²) in [6.45, 7) is 0.925. The molecule has 104 valence electrons. The quantitative estimate of drug-likeness (QED) is 0.571. The van der Waals surface area contributed by atoms with Crippen LogP contribution >= 0.6 is 0 Å². The molecule has 1 heterocycles. The Kier molecular flexibility index (Phi) is 4.20. The molecule has 21 heavy (non-hydrogen) atoms. The van der Waals surface area contributed by atoms with Crippen molar-refractivity contribution in [2.45, 2.75) is 6.54 Å². The number of ether oxygens (including phenoxy) is 1. The third-order valence-electron chi connectivity index (χ3n) is 3.04. The van der Waals surface area contributed by atoms with Crippen molar-refractivity contribution in [2.24, 2.45) is 0 Å². The number of rotatable bonds is 5. The van der Waals surface area contributed by atoms with Gasteiger partial charge < -0.3 is 0 Å². The molecule has 0 amide bonds. The van der Waals surface area contributed by atoms with Gasteiger partial charge in [-0.05, 0) is 0 Å². The van der Waals surface area contributed by atoms with Gasteiger partial charge in [-0.2, -0.15) is 0 Å². The van der Waals surface area contributed by atoms with Crippen LogP contribution in [0.1, 0.15) is 5.56 Å². The number of para-hydroxylation sites is 1. The van der Waals surface area contributed by atoms with Crippen molar-refractivity contribution in [3.63, 3.8) is 0 Å². The van der Waals surface area contributed by atoms with Crippen LogP contribution in [0.3, 0.4) is 0 Å². The molecular weight excluding hydrogens is 329 g/mol. The standard InChI is InChI=1S/C16H13N3OSe/c1-2-10-20-15-9-4-3-6-12(15)11-17-13-7-5-8-14-16(13)19-21-18-14/h1,3-9,17H,10-11H2. The average Bonchev–Trinajstić information content (AvgIpc) is 3.01. The molecule has 0 aliphatic rings. The minimum absolute atomic E-state index is 0.0199. The summed E-state index contributed by atoms with van der Waals surface area (Å²) < 4.78 is 14.4. The summed E-state index contributed by atoms with van der Waals surface area (Å²) in [6.07, 6.45) is 5.24. The number of anilines is 1. The van der Waals surface area contributed by atoms with E-state index in [4.69, 9.17) is 11.2 Å². The van der Waals surface area contributed by atoms with Crippen LogP contribution in [0.4, 0.5) is 5.69 Å². The fraction of sp³-hybridized carbons (Fsp3) is 0.125. The predicted octanol–water partition coefficient (Wildman–Crippen LogP) is 2.31. The number of terminal acetylenes is 1. The van der Waals surface area contributed by atoms with E-state index in [1.54, 1.807) is 0 Å². The number of nitrogens with zero attached hydrogens (tertiary/aromatic N) is 2. The van der Waals surface area contributed by atoms with Crippen LogP contribution < -0.4 is 10.1 Å². The molecule has 0 aliphatic heterocycles. The summed E-state index contributed by atoms with van der Waals surface area (Å²) in [6, 6.07) is 13.9. The molecule has 5 heteroatoms. The van der Waals surface area contributed by atoms with Gasteiger partial charge in [0.25, 0.3) is 0 Å². The molecule has 0 unspecified atom stereocenters. The van der Waals surface area contributed by atoms with Crippen LogP contribution in [0.15, 0.2) is 42.5 Å². The Hall–Kier alpha value is -2.28. The van der Waals surface area contributed by atoms with Gasteiger partial charge in [-0.1, -0.05) is 0 Å². The van der Waals surface area contributed by atoms with Crippen molar-refractivity contribution in [3.8, 4) is 18.1 Å². The van der Waals surface area contributed by atoms with Crippen molar-refractivity contribution in [1.29, 1.82) is 0 Å². The van der Waals surface area contributed by atoms with Gasteiger partial charge in [0.05, 0.1) is 0 Å². The van der Waals surface area contributed by atoms with E-state index >= 15 is 0 Å². The Labute approximate surface area is 129 Å². The van der Waals surface area contributed by atoms with Crippen LogP contribution in [-0.4, -0.2) is 29.5 Å². The molecule has 3 aromatic rings. The van der Waals surface area contributed by atoms with Crippen LogP contribution in [0.25, 0.3) is 11.0 Å². The Balaban J connectivity index is 1.79. The van der Waals surface area contributed by atoms with Crippen molar-refractivity contribution in [2.75, 3.05) is 11.9 Å². The minimum atomic E-state index is -0.0199. The first-order valence-electron chi connectivity index (χ1n) is 6.48. The van der Waals surface area contributed by atoms with Gasteiger partial charge in [-0.3, -0.25) is 0 Å². The molecule has 0 fully saturated rings. The Bertz CT molecular complexity index is 791. The molecule has 0 atom stereocenters. The van der Waals surface area contributed by atoms with Gasteiger partial charge in [0, 0.05) is 0 Å². The monoisotopic (exact) mass is 343 g/mol. The topological polar surface area (TPSA) is 47.0 Å². The predicted molar refractivity (Wildman–Crippen MR) is 84.6 cm³/mol. The van der Waals surface area contributed by atoms with Gasteiger partial charge in [-0.25, -0.2) is 0 Å². The number of hydrogen-bond donors (Lipinski definition) is 1. The van der Waals surface area contributed by atoms with Crippen LogP contribution in [0.5, 0.6) is 5.75 Å². The first kappa shape index (κ1) is 13.7. The zero-order chi connectivity index (χ0) is 14.5. The van der Waals surface area contributed by atoms with Crippen molar-refractivity contribution in [1.82, 2.24) is 7.96 Å². The normalized spacial score (nSPS) is 10.2. The Morgan fingerprint density at radius 2 is 2.05 bits per heavy atom. The zero-order valence-corrected chi connectivity index (χ0v) is 13.0. The number of nitrogens with one attached hydrogen (secondary N) is 1. The SMILES string of the molecule is C#CCOc1ccccc1CNc1cccc2n[se]nc12. The molecule has 3 rings (SSSR count). The van der Waals surface area contributed by atoms with Crippen molar-refractivity contribution >= 4 is 31.7 Å². The first-order chi connectivity index (χ1) is 10.4. The maximum absolute atomic E-state index is 5.55. The second-order valence-electron chi connectivity index (χ2n) is 4.39. The molecule has 1 aromatic heterocycles. The molecule has 0 radical (unpaired) electrons. The van der Waals surface area contributed by atoms with Gasteiger partial charge in [0.1, 0.15) is 0 Å². The maximum atomic E-state index is 5.55. The van der Waals surface area contributed by atoms with E-state index < -0.39 is 0 Å². The molecule has 0 saturated heterocycles. The average molecular weight is 342 g/mol. The molecule has 0 aliphatic carbocycles. The van der Waals surface area contributed by atoms with Crippen molar-refractivity contribution in [3.05, 3.63) is 48.0 Å². The van der Waals surface area contributed by atoms with Crippen LogP contribution in [0, 0.1) is 12.3 Å². The number of benzene rings is 2. The van der Waals surface area contributed by atoms with E-state index in [0.29, 0.717) is 6.54 Å². The third kappa shape index (κ3) is 3.08. The van der Waals surface area contributed by atoms with E-state index in [2.05, 4.69) is 19.2 Å². The number of fused-ring (bicyclic) bond motifs is 1. The molecule has 1 N–H and O–H groups in total. The molecule has 0 spiro atoms. The van der Waals surface area contributed by atoms with Gasteiger partial charge >= 0.3 is 129 Å². The van der Waals surface area contributed by atoms with E-state index in [1.165, 1.54) is 0 Å². The Morgan fingerprint density at radius 1 is 1.14 bits per heavy atom. The first-order valence-corrected chi connectivity index (χ1v) is 8.01. The van der Waals surface area contributed by atoms with Gasteiger partial charge in [-0.15, -0.1) is 0 Å². The summed E-state index contributed by atoms with van der Waals surface area (Å²) in [5.74, 6) is 3.29. The molecular formula is C16H13N3OSe. The van der Waals surface area contributed by atoms with E-state index in [1.807, 2.05) is 42.5 Å². The Morgan fingerprint density at radius 3 is 2.95 bits per heavy atom. The summed E-state index contributed by atoms with van der Waals surface area (Å²) >= 11 is -0.0199. The molecule has 2 aromatic carbocycles. The van der Waals surface area contributed by atoms with Crippen molar-refractivity contribution < 1.29 is 4.74 Å². The van der Waals surface area contributed by atoms with Gasteiger partial charge in [0.15, 0.2) is 0 Å². The fourth-order valence-electron chi connectivity index (χ4n) is 2.05. The second-order valence-corrected chi connectivity index (χ2v) is 5.50. The fourth-order valence-corrected chi connectivity index (χ4v) is 3.20. The van der Waals surface area contributed by atoms with E-state index in [-0.39, 0.29) is 21.6 Å². The van der Waals surface area contributed by atoms with Gasteiger partial charge in [0.2, 0.25) is 0 Å². The van der Waals surface area contributed by atoms with E-state index in [9.17, 15) is 0 Å². The zero-order valence-electron chi connectivity index (χ0n) is 11.2. The van der Waals surface area contributed by atoms with Crippen LogP contribution in [-0.2, 0) is 6.54 Å². The van der Waals surface area contributed by atoms with E-state index in [0.717, 1.165) is 28.0 Å².